The van der Waals surface area contributed by atoms with E-state index in [1.54, 1.807) is 26.4 Å². The molecule has 1 aliphatic rings. The minimum absolute atomic E-state index is 0.217. The van der Waals surface area contributed by atoms with Crippen molar-refractivity contribution in [3.05, 3.63) is 65.4 Å². The Morgan fingerprint density at radius 2 is 1.68 bits per heavy atom. The highest BCUT2D eigenvalue weighted by atomic mass is 16.5. The SMILES string of the molecule is CCN1CCN(c2ccc(C(=O)Nc3cc(C#Cc4cc(OC)cc(OC)c4)[nH]n3)cc2)CC1. The molecule has 8 nitrogen and oxygen atoms in total. The molecule has 0 aliphatic carbocycles. The van der Waals surface area contributed by atoms with Crippen LogP contribution in [-0.2, 0) is 0 Å². The number of rotatable bonds is 6. The highest BCUT2D eigenvalue weighted by molar-refractivity contribution is 6.04. The number of methoxy groups -OCH3 is 2. The number of aromatic amines is 1. The molecule has 2 N–H and O–H groups in total. The number of nitrogens with one attached hydrogen (secondary N) is 2. The van der Waals surface area contributed by atoms with E-state index in [4.69, 9.17) is 9.47 Å². The highest BCUT2D eigenvalue weighted by Crippen LogP contribution is 2.22. The minimum Gasteiger partial charge on any atom is -0.497 e. The van der Waals surface area contributed by atoms with E-state index in [0.717, 1.165) is 44.0 Å². The molecule has 3 aromatic rings. The van der Waals surface area contributed by atoms with E-state index in [0.29, 0.717) is 28.6 Å². The van der Waals surface area contributed by atoms with E-state index in [1.165, 1.54) is 0 Å². The molecule has 8 heteroatoms. The number of benzene rings is 2. The molecule has 1 amide bonds. The molecule has 176 valence electrons. The summed E-state index contributed by atoms with van der Waals surface area (Å²) in [4.78, 5) is 17.5. The van der Waals surface area contributed by atoms with Crippen molar-refractivity contribution < 1.29 is 14.3 Å². The predicted molar refractivity (Wildman–Crippen MR) is 133 cm³/mol. The second kappa shape index (κ2) is 10.8. The average molecular weight is 460 g/mol. The van der Waals surface area contributed by atoms with Gasteiger partial charge >= 0.3 is 0 Å². The lowest BCUT2D eigenvalue weighted by molar-refractivity contribution is 0.102. The van der Waals surface area contributed by atoms with Gasteiger partial charge in [-0.25, -0.2) is 0 Å². The van der Waals surface area contributed by atoms with Crippen molar-refractivity contribution in [1.29, 1.82) is 0 Å². The van der Waals surface area contributed by atoms with Crippen molar-refractivity contribution in [3.63, 3.8) is 0 Å². The number of amides is 1. The molecule has 0 unspecified atom stereocenters. The van der Waals surface area contributed by atoms with Crippen molar-refractivity contribution in [2.45, 2.75) is 6.92 Å². The maximum atomic E-state index is 12.7. The quantitative estimate of drug-likeness (QED) is 0.551. The van der Waals surface area contributed by atoms with Crippen molar-refractivity contribution in [2.24, 2.45) is 0 Å². The largest absolute Gasteiger partial charge is 0.497 e. The molecule has 0 bridgehead atoms. The van der Waals surface area contributed by atoms with Gasteiger partial charge < -0.3 is 24.6 Å². The summed E-state index contributed by atoms with van der Waals surface area (Å²) in [6, 6.07) is 14.8. The van der Waals surface area contributed by atoms with Gasteiger partial charge in [0.25, 0.3) is 5.91 Å². The number of carbonyl (C=O) groups is 1. The molecule has 4 rings (SSSR count). The van der Waals surface area contributed by atoms with Crippen LogP contribution in [0.4, 0.5) is 11.5 Å². The number of nitrogens with zero attached hydrogens (tertiary/aromatic N) is 3. The van der Waals surface area contributed by atoms with Gasteiger partial charge in [-0.15, -0.1) is 0 Å². The second-order valence-electron chi connectivity index (χ2n) is 7.94. The van der Waals surface area contributed by atoms with E-state index >= 15 is 0 Å². The standard InChI is InChI=1S/C26H29N5O3/c1-4-30-11-13-31(14-12-30)22-9-6-20(7-10-22)26(32)27-25-17-21(28-29-25)8-5-19-15-23(33-2)18-24(16-19)34-3/h6-7,9-10,15-18H,4,11-14H2,1-3H3,(H2,27,28,29,32). The van der Waals surface area contributed by atoms with E-state index in [9.17, 15) is 4.79 Å². The number of aromatic nitrogens is 2. The van der Waals surface area contributed by atoms with Crippen molar-refractivity contribution in [2.75, 3.05) is 57.2 Å². The van der Waals surface area contributed by atoms with Gasteiger partial charge in [0.2, 0.25) is 0 Å². The molecule has 0 atom stereocenters. The number of H-pyrrole nitrogens is 1. The van der Waals surface area contributed by atoms with Gasteiger partial charge in [-0.1, -0.05) is 12.8 Å². The number of likely N-dealkylation sites (N-methyl/N-ethyl adjacent to an activating group) is 1. The zero-order valence-electron chi connectivity index (χ0n) is 19.7. The molecule has 2 aromatic carbocycles. The van der Waals surface area contributed by atoms with Crippen molar-refractivity contribution in [3.8, 4) is 23.3 Å². The van der Waals surface area contributed by atoms with E-state index < -0.39 is 0 Å². The first-order valence-corrected chi connectivity index (χ1v) is 11.3. The van der Waals surface area contributed by atoms with Crippen LogP contribution in [0.3, 0.4) is 0 Å². The first-order valence-electron chi connectivity index (χ1n) is 11.3. The molecule has 1 fully saturated rings. The Hall–Kier alpha value is -3.96. The number of carbonyl (C=O) groups excluding carboxylic acids is 1. The number of hydrogen-bond acceptors (Lipinski definition) is 6. The second-order valence-corrected chi connectivity index (χ2v) is 7.94. The zero-order chi connectivity index (χ0) is 23.9. The van der Waals surface area contributed by atoms with E-state index in [-0.39, 0.29) is 5.91 Å². The van der Waals surface area contributed by atoms with Crippen LogP contribution >= 0.6 is 0 Å². The summed E-state index contributed by atoms with van der Waals surface area (Å²) in [6.07, 6.45) is 0. The fourth-order valence-corrected chi connectivity index (χ4v) is 3.80. The summed E-state index contributed by atoms with van der Waals surface area (Å²) in [6.45, 7) is 7.40. The molecule has 1 saturated heterocycles. The summed E-state index contributed by atoms with van der Waals surface area (Å²) < 4.78 is 10.5. The molecule has 0 spiro atoms. The molecule has 2 heterocycles. The zero-order valence-corrected chi connectivity index (χ0v) is 19.7. The summed E-state index contributed by atoms with van der Waals surface area (Å²) in [5, 5.41) is 9.80. The summed E-state index contributed by atoms with van der Waals surface area (Å²) >= 11 is 0. The van der Waals surface area contributed by atoms with Crippen LogP contribution in [0.2, 0.25) is 0 Å². The van der Waals surface area contributed by atoms with Crippen molar-refractivity contribution in [1.82, 2.24) is 15.1 Å². The third kappa shape index (κ3) is 5.69. The van der Waals surface area contributed by atoms with Crippen LogP contribution in [0.1, 0.15) is 28.5 Å². The van der Waals surface area contributed by atoms with Gasteiger partial charge in [-0.05, 0) is 48.9 Å². The maximum absolute atomic E-state index is 12.7. The molecule has 34 heavy (non-hydrogen) atoms. The number of anilines is 2. The van der Waals surface area contributed by atoms with Gasteiger partial charge in [0, 0.05) is 55.1 Å². The topological polar surface area (TPSA) is 82.7 Å². The monoisotopic (exact) mass is 459 g/mol. The Morgan fingerprint density at radius 1 is 1.00 bits per heavy atom. The fourth-order valence-electron chi connectivity index (χ4n) is 3.80. The third-order valence-electron chi connectivity index (χ3n) is 5.83. The van der Waals surface area contributed by atoms with Crippen LogP contribution in [0.5, 0.6) is 11.5 Å². The predicted octanol–water partition coefficient (Wildman–Crippen LogP) is 3.22. The number of ether oxygens (including phenoxy) is 2. The molecular formula is C26H29N5O3. The molecule has 1 aliphatic heterocycles. The van der Waals surface area contributed by atoms with E-state index in [2.05, 4.69) is 44.1 Å². The van der Waals surface area contributed by atoms with Gasteiger partial charge in [0.1, 0.15) is 17.2 Å². The molecule has 0 saturated carbocycles. The Morgan fingerprint density at radius 3 is 2.29 bits per heavy atom. The lowest BCUT2D eigenvalue weighted by atomic mass is 10.1. The van der Waals surface area contributed by atoms with Crippen LogP contribution in [0.15, 0.2) is 48.5 Å². The minimum atomic E-state index is -0.217. The fraction of sp³-hybridized carbons (Fsp3) is 0.308. The smallest absolute Gasteiger partial charge is 0.256 e. The normalized spacial score (nSPS) is 13.7. The number of piperazine rings is 1. The summed E-state index contributed by atoms with van der Waals surface area (Å²) in [5.41, 5.74) is 3.04. The van der Waals surface area contributed by atoms with Crippen LogP contribution in [0.25, 0.3) is 0 Å². The molecule has 0 radical (unpaired) electrons. The third-order valence-corrected chi connectivity index (χ3v) is 5.83. The van der Waals surface area contributed by atoms with Crippen LogP contribution in [-0.4, -0.2) is 67.9 Å². The Balaban J connectivity index is 1.37. The molecule has 1 aromatic heterocycles. The Bertz CT molecular complexity index is 1160. The number of hydrogen-bond donors (Lipinski definition) is 2. The van der Waals surface area contributed by atoms with Gasteiger partial charge in [0.15, 0.2) is 5.82 Å². The maximum Gasteiger partial charge on any atom is 0.256 e. The van der Waals surface area contributed by atoms with Gasteiger partial charge in [-0.2, -0.15) is 5.10 Å². The highest BCUT2D eigenvalue weighted by Gasteiger charge is 2.16. The van der Waals surface area contributed by atoms with Crippen LogP contribution in [0, 0.1) is 11.8 Å². The van der Waals surface area contributed by atoms with Gasteiger partial charge in [-0.3, -0.25) is 9.89 Å². The first kappa shape index (κ1) is 23.2. The lowest BCUT2D eigenvalue weighted by Gasteiger charge is -2.35. The lowest BCUT2D eigenvalue weighted by Crippen LogP contribution is -2.46. The van der Waals surface area contributed by atoms with Crippen molar-refractivity contribution >= 4 is 17.4 Å². The summed E-state index contributed by atoms with van der Waals surface area (Å²) in [7, 11) is 3.19. The van der Waals surface area contributed by atoms with Crippen LogP contribution < -0.4 is 19.7 Å². The summed E-state index contributed by atoms with van der Waals surface area (Å²) in [5.74, 6) is 7.58. The average Bonchev–Trinajstić information content (AvgIpc) is 3.34. The molecular weight excluding hydrogens is 430 g/mol. The first-order chi connectivity index (χ1) is 16.6. The Kier molecular flexibility index (Phi) is 7.35. The van der Waals surface area contributed by atoms with E-state index in [1.807, 2.05) is 36.4 Å². The van der Waals surface area contributed by atoms with Gasteiger partial charge in [0.05, 0.1) is 14.2 Å². The Labute approximate surface area is 199 Å².